The van der Waals surface area contributed by atoms with Crippen LogP contribution in [0.15, 0.2) is 30.3 Å². The number of hydrogen-bond acceptors (Lipinski definition) is 2. The molecule has 1 aliphatic rings. The molecule has 1 aromatic carbocycles. The van der Waals surface area contributed by atoms with Crippen LogP contribution in [0.2, 0.25) is 0 Å². The summed E-state index contributed by atoms with van der Waals surface area (Å²) in [6.07, 6.45) is 3.85. The van der Waals surface area contributed by atoms with Crippen molar-refractivity contribution in [2.24, 2.45) is 5.73 Å². The molecule has 0 bridgehead atoms. The molecule has 0 spiro atoms. The number of benzene rings is 1. The van der Waals surface area contributed by atoms with E-state index in [4.69, 9.17) is 17.3 Å². The largest absolute Gasteiger partial charge is 0.352 e. The van der Waals surface area contributed by atoms with Crippen molar-refractivity contribution >= 4 is 17.5 Å². The monoisotopic (exact) mass is 266 g/mol. The highest BCUT2D eigenvalue weighted by atomic mass is 35.5. The summed E-state index contributed by atoms with van der Waals surface area (Å²) >= 11 is 6.17. The van der Waals surface area contributed by atoms with Crippen LogP contribution in [0.5, 0.6) is 0 Å². The van der Waals surface area contributed by atoms with Gasteiger partial charge < -0.3 is 11.1 Å². The smallest absolute Gasteiger partial charge is 0.242 e. The van der Waals surface area contributed by atoms with Gasteiger partial charge in [-0.1, -0.05) is 30.3 Å². The highest BCUT2D eigenvalue weighted by Gasteiger charge is 2.23. The molecule has 1 fully saturated rings. The first-order valence-corrected chi connectivity index (χ1v) is 6.85. The van der Waals surface area contributed by atoms with Crippen LogP contribution in [0.4, 0.5) is 0 Å². The van der Waals surface area contributed by atoms with Gasteiger partial charge in [0.1, 0.15) is 5.38 Å². The van der Waals surface area contributed by atoms with E-state index in [1.54, 1.807) is 0 Å². The summed E-state index contributed by atoms with van der Waals surface area (Å²) in [7, 11) is 0. The lowest BCUT2D eigenvalue weighted by Gasteiger charge is -2.27. The van der Waals surface area contributed by atoms with Gasteiger partial charge in [-0.05, 0) is 31.2 Å². The van der Waals surface area contributed by atoms with E-state index in [1.807, 2.05) is 30.3 Å². The van der Waals surface area contributed by atoms with Crippen LogP contribution in [0.1, 0.15) is 36.6 Å². The molecule has 3 nitrogen and oxygen atoms in total. The number of hydrogen-bond donors (Lipinski definition) is 2. The molecule has 0 aromatic heterocycles. The second-order valence-corrected chi connectivity index (χ2v) is 5.33. The van der Waals surface area contributed by atoms with E-state index < -0.39 is 5.38 Å². The highest BCUT2D eigenvalue weighted by molar-refractivity contribution is 6.30. The van der Waals surface area contributed by atoms with E-state index in [9.17, 15) is 4.79 Å². The number of amides is 1. The number of alkyl halides is 1. The molecule has 4 heteroatoms. The molecule has 1 saturated carbocycles. The van der Waals surface area contributed by atoms with Crippen molar-refractivity contribution in [3.8, 4) is 0 Å². The summed E-state index contributed by atoms with van der Waals surface area (Å²) in [6.45, 7) is 0. The van der Waals surface area contributed by atoms with Gasteiger partial charge in [0, 0.05) is 12.1 Å². The summed E-state index contributed by atoms with van der Waals surface area (Å²) < 4.78 is 0. The Kier molecular flexibility index (Phi) is 4.61. The van der Waals surface area contributed by atoms with Crippen LogP contribution >= 0.6 is 11.6 Å². The van der Waals surface area contributed by atoms with Crippen LogP contribution in [0, 0.1) is 0 Å². The Balaban J connectivity index is 1.88. The average Bonchev–Trinajstić information content (AvgIpc) is 2.41. The van der Waals surface area contributed by atoms with Crippen molar-refractivity contribution in [3.63, 3.8) is 0 Å². The van der Waals surface area contributed by atoms with E-state index in [2.05, 4.69) is 5.32 Å². The lowest BCUT2D eigenvalue weighted by atomic mass is 9.91. The Morgan fingerprint density at radius 1 is 1.22 bits per heavy atom. The molecule has 2 rings (SSSR count). The van der Waals surface area contributed by atoms with Gasteiger partial charge in [-0.2, -0.15) is 0 Å². The minimum atomic E-state index is -0.609. The lowest BCUT2D eigenvalue weighted by Crippen LogP contribution is -2.41. The van der Waals surface area contributed by atoms with E-state index in [-0.39, 0.29) is 11.9 Å². The quantitative estimate of drug-likeness (QED) is 0.825. The Morgan fingerprint density at radius 2 is 1.83 bits per heavy atom. The summed E-state index contributed by atoms with van der Waals surface area (Å²) in [6, 6.07) is 9.94. The van der Waals surface area contributed by atoms with Gasteiger partial charge in [0.2, 0.25) is 5.91 Å². The Labute approximate surface area is 113 Å². The third-order valence-electron chi connectivity index (χ3n) is 3.44. The summed E-state index contributed by atoms with van der Waals surface area (Å²) in [5.41, 5.74) is 6.68. The van der Waals surface area contributed by atoms with Gasteiger partial charge >= 0.3 is 0 Å². The van der Waals surface area contributed by atoms with Crippen molar-refractivity contribution in [3.05, 3.63) is 35.9 Å². The molecule has 98 valence electrons. The van der Waals surface area contributed by atoms with Crippen molar-refractivity contribution < 1.29 is 4.79 Å². The fourth-order valence-electron chi connectivity index (χ4n) is 2.31. The molecule has 1 unspecified atom stereocenters. The zero-order valence-electron chi connectivity index (χ0n) is 10.3. The number of rotatable bonds is 3. The number of nitrogens with one attached hydrogen (secondary N) is 1. The molecule has 18 heavy (non-hydrogen) atoms. The normalized spacial score (nSPS) is 25.4. The average molecular weight is 267 g/mol. The fourth-order valence-corrected chi connectivity index (χ4v) is 2.52. The summed E-state index contributed by atoms with van der Waals surface area (Å²) in [5.74, 6) is -0.108. The third-order valence-corrected chi connectivity index (χ3v) is 3.89. The van der Waals surface area contributed by atoms with Crippen molar-refractivity contribution in [1.82, 2.24) is 5.32 Å². The Bertz CT molecular complexity index is 388. The molecule has 0 aliphatic heterocycles. The van der Waals surface area contributed by atoms with Crippen molar-refractivity contribution in [2.45, 2.75) is 43.1 Å². The number of carbonyl (C=O) groups is 1. The van der Waals surface area contributed by atoms with Crippen LogP contribution in [-0.4, -0.2) is 18.0 Å². The first kappa shape index (κ1) is 13.4. The van der Waals surface area contributed by atoms with Crippen molar-refractivity contribution in [1.29, 1.82) is 0 Å². The maximum absolute atomic E-state index is 12.0. The molecule has 1 aromatic rings. The molecule has 0 saturated heterocycles. The van der Waals surface area contributed by atoms with E-state index in [1.165, 1.54) is 0 Å². The second kappa shape index (κ2) is 6.21. The zero-order valence-corrected chi connectivity index (χ0v) is 11.1. The van der Waals surface area contributed by atoms with Gasteiger partial charge in [0.25, 0.3) is 0 Å². The van der Waals surface area contributed by atoms with Crippen LogP contribution < -0.4 is 11.1 Å². The highest BCUT2D eigenvalue weighted by Crippen LogP contribution is 2.22. The van der Waals surface area contributed by atoms with Crippen molar-refractivity contribution in [2.75, 3.05) is 0 Å². The van der Waals surface area contributed by atoms with E-state index in [0.717, 1.165) is 31.2 Å². The fraction of sp³-hybridized carbons (Fsp3) is 0.500. The first-order chi connectivity index (χ1) is 8.66. The predicted molar refractivity (Wildman–Crippen MR) is 73.4 cm³/mol. The molecule has 1 aliphatic carbocycles. The van der Waals surface area contributed by atoms with Crippen LogP contribution in [0.25, 0.3) is 0 Å². The van der Waals surface area contributed by atoms with Gasteiger partial charge in [-0.3, -0.25) is 4.79 Å². The molecule has 0 radical (unpaired) electrons. The lowest BCUT2D eigenvalue weighted by molar-refractivity contribution is -0.121. The maximum atomic E-state index is 12.0. The second-order valence-electron chi connectivity index (χ2n) is 4.89. The summed E-state index contributed by atoms with van der Waals surface area (Å²) in [4.78, 5) is 12.0. The predicted octanol–water partition coefficient (Wildman–Crippen LogP) is 2.35. The number of carbonyl (C=O) groups excluding carboxylic acids is 1. The van der Waals surface area contributed by atoms with Crippen LogP contribution in [0.3, 0.4) is 0 Å². The molecule has 0 heterocycles. The first-order valence-electron chi connectivity index (χ1n) is 6.42. The van der Waals surface area contributed by atoms with Gasteiger partial charge in [0.05, 0.1) is 0 Å². The molecular formula is C14H19ClN2O. The topological polar surface area (TPSA) is 55.1 Å². The van der Waals surface area contributed by atoms with Gasteiger partial charge in [-0.25, -0.2) is 0 Å². The Hall–Kier alpha value is -1.06. The molecule has 1 atom stereocenters. The Morgan fingerprint density at radius 3 is 2.44 bits per heavy atom. The molecular weight excluding hydrogens is 248 g/mol. The summed E-state index contributed by atoms with van der Waals surface area (Å²) in [5, 5.41) is 2.40. The van der Waals surface area contributed by atoms with Gasteiger partial charge in [-0.15, -0.1) is 11.6 Å². The minimum Gasteiger partial charge on any atom is -0.352 e. The zero-order chi connectivity index (χ0) is 13.0. The number of halogens is 1. The van der Waals surface area contributed by atoms with Crippen LogP contribution in [-0.2, 0) is 4.79 Å². The van der Waals surface area contributed by atoms with E-state index >= 15 is 0 Å². The third kappa shape index (κ3) is 3.47. The minimum absolute atomic E-state index is 0.108. The SMILES string of the molecule is NC1CCC(NC(=O)C(Cl)c2ccccc2)CC1. The number of nitrogens with two attached hydrogens (primary N) is 1. The maximum Gasteiger partial charge on any atom is 0.242 e. The van der Waals surface area contributed by atoms with Gasteiger partial charge in [0.15, 0.2) is 0 Å². The standard InChI is InChI=1S/C14H19ClN2O/c15-13(10-4-2-1-3-5-10)14(18)17-12-8-6-11(16)7-9-12/h1-5,11-13H,6-9,16H2,(H,17,18). The molecule has 3 N–H and O–H groups in total. The van der Waals surface area contributed by atoms with E-state index in [0.29, 0.717) is 6.04 Å². The molecule has 1 amide bonds.